The third-order valence-corrected chi connectivity index (χ3v) is 3.85. The minimum atomic E-state index is -4.32. The second kappa shape index (κ2) is 6.91. The molecule has 0 fully saturated rings. The van der Waals surface area contributed by atoms with E-state index >= 15 is 0 Å². The molecule has 1 aromatic carbocycles. The maximum Gasteiger partial charge on any atom is 0.416 e. The van der Waals surface area contributed by atoms with Crippen LogP contribution in [0.3, 0.4) is 0 Å². The second-order valence-corrected chi connectivity index (χ2v) is 5.48. The number of hydrogen-bond donors (Lipinski definition) is 0. The number of benzene rings is 1. The Morgan fingerprint density at radius 1 is 1.23 bits per heavy atom. The Bertz CT molecular complexity index is 635. The predicted molar refractivity (Wildman–Crippen MR) is 76.9 cm³/mol. The van der Waals surface area contributed by atoms with Gasteiger partial charge in [0.15, 0.2) is 5.69 Å². The first-order valence-corrected chi connectivity index (χ1v) is 7.55. The van der Waals surface area contributed by atoms with Crippen molar-refractivity contribution < 1.29 is 22.7 Å². The topological polar surface area (TPSA) is 39.2 Å². The van der Waals surface area contributed by atoms with Crippen molar-refractivity contribution in [2.75, 3.05) is 6.61 Å². The van der Waals surface area contributed by atoms with E-state index in [9.17, 15) is 18.0 Å². The van der Waals surface area contributed by atoms with Crippen molar-refractivity contribution in [2.45, 2.75) is 25.9 Å². The number of esters is 1. The van der Waals surface area contributed by atoms with Crippen LogP contribution in [0.25, 0.3) is 0 Å². The summed E-state index contributed by atoms with van der Waals surface area (Å²) in [6.07, 6.45) is -3.19. The molecule has 2 rings (SSSR count). The summed E-state index contributed by atoms with van der Waals surface area (Å²) >= 11 is 1.34. The maximum atomic E-state index is 12.5. The van der Waals surface area contributed by atoms with E-state index in [0.29, 0.717) is 12.8 Å². The van der Waals surface area contributed by atoms with E-state index in [4.69, 9.17) is 4.74 Å². The molecule has 0 amide bonds. The first-order valence-electron chi connectivity index (χ1n) is 6.68. The Morgan fingerprint density at radius 3 is 2.50 bits per heavy atom. The summed E-state index contributed by atoms with van der Waals surface area (Å²) in [5, 5.41) is 2.38. The molecule has 0 spiro atoms. The Labute approximate surface area is 129 Å². The van der Waals surface area contributed by atoms with Gasteiger partial charge in [0.1, 0.15) is 0 Å². The Kier molecular flexibility index (Phi) is 5.18. The first-order chi connectivity index (χ1) is 10.4. The van der Waals surface area contributed by atoms with Crippen LogP contribution < -0.4 is 0 Å². The van der Waals surface area contributed by atoms with Gasteiger partial charge in [-0.1, -0.05) is 12.1 Å². The van der Waals surface area contributed by atoms with Crippen LogP contribution in [0.15, 0.2) is 29.6 Å². The first kappa shape index (κ1) is 16.5. The number of carbonyl (C=O) groups excluding carboxylic acids is 1. The lowest BCUT2D eigenvalue weighted by Gasteiger charge is -2.07. The average Bonchev–Trinajstić information content (AvgIpc) is 2.94. The van der Waals surface area contributed by atoms with Crippen LogP contribution in [-0.4, -0.2) is 17.6 Å². The summed E-state index contributed by atoms with van der Waals surface area (Å²) in [6.45, 7) is 2.01. The lowest BCUT2D eigenvalue weighted by molar-refractivity contribution is -0.137. The standard InChI is InChI=1S/C15H14F3NO2S/c1-2-21-14(20)12-9-22-13(19-12)8-5-10-3-6-11(7-4-10)15(16,17)18/h3-4,6-7,9H,2,5,8H2,1H3. The van der Waals surface area contributed by atoms with E-state index in [1.807, 2.05) is 0 Å². The minimum Gasteiger partial charge on any atom is -0.461 e. The molecule has 7 heteroatoms. The highest BCUT2D eigenvalue weighted by atomic mass is 32.1. The monoisotopic (exact) mass is 329 g/mol. The summed E-state index contributed by atoms with van der Waals surface area (Å²) < 4.78 is 42.2. The van der Waals surface area contributed by atoms with E-state index < -0.39 is 17.7 Å². The van der Waals surface area contributed by atoms with Gasteiger partial charge in [-0.05, 0) is 31.0 Å². The van der Waals surface area contributed by atoms with Gasteiger partial charge >= 0.3 is 12.1 Å². The molecule has 0 unspecified atom stereocenters. The number of ether oxygens (including phenoxy) is 1. The molecule has 0 aliphatic heterocycles. The van der Waals surface area contributed by atoms with E-state index in [-0.39, 0.29) is 12.3 Å². The molecular formula is C15H14F3NO2S. The van der Waals surface area contributed by atoms with Gasteiger partial charge in [0.25, 0.3) is 0 Å². The van der Waals surface area contributed by atoms with Crippen LogP contribution in [0.2, 0.25) is 0 Å². The summed E-state index contributed by atoms with van der Waals surface area (Å²) in [4.78, 5) is 15.6. The Hall–Kier alpha value is -1.89. The third kappa shape index (κ3) is 4.30. The van der Waals surface area contributed by atoms with E-state index in [1.54, 1.807) is 12.3 Å². The zero-order valence-electron chi connectivity index (χ0n) is 11.8. The van der Waals surface area contributed by atoms with Gasteiger partial charge in [-0.15, -0.1) is 11.3 Å². The smallest absolute Gasteiger partial charge is 0.416 e. The SMILES string of the molecule is CCOC(=O)c1csc(CCc2ccc(C(F)(F)F)cc2)n1. The minimum absolute atomic E-state index is 0.272. The summed E-state index contributed by atoms with van der Waals surface area (Å²) in [6, 6.07) is 5.06. The molecule has 1 aromatic heterocycles. The lowest BCUT2D eigenvalue weighted by Crippen LogP contribution is -2.05. The van der Waals surface area contributed by atoms with Crippen molar-refractivity contribution in [3.05, 3.63) is 51.5 Å². The molecule has 22 heavy (non-hydrogen) atoms. The molecule has 0 saturated carbocycles. The van der Waals surface area contributed by atoms with Gasteiger partial charge in [-0.3, -0.25) is 0 Å². The van der Waals surface area contributed by atoms with Crippen molar-refractivity contribution in [3.8, 4) is 0 Å². The molecule has 3 nitrogen and oxygen atoms in total. The summed E-state index contributed by atoms with van der Waals surface area (Å²) in [5.74, 6) is -0.459. The van der Waals surface area contributed by atoms with Crippen LogP contribution in [0.1, 0.15) is 33.5 Å². The fourth-order valence-electron chi connectivity index (χ4n) is 1.84. The largest absolute Gasteiger partial charge is 0.461 e. The highest BCUT2D eigenvalue weighted by Crippen LogP contribution is 2.29. The van der Waals surface area contributed by atoms with Crippen LogP contribution >= 0.6 is 11.3 Å². The zero-order valence-corrected chi connectivity index (χ0v) is 12.6. The molecule has 0 saturated heterocycles. The number of thiazole rings is 1. The van der Waals surface area contributed by atoms with Crippen LogP contribution in [0, 0.1) is 0 Å². The van der Waals surface area contributed by atoms with Crippen molar-refractivity contribution in [1.29, 1.82) is 0 Å². The maximum absolute atomic E-state index is 12.5. The normalized spacial score (nSPS) is 11.5. The molecule has 1 heterocycles. The van der Waals surface area contributed by atoms with E-state index in [1.165, 1.54) is 23.5 Å². The van der Waals surface area contributed by atoms with Crippen molar-refractivity contribution >= 4 is 17.3 Å². The van der Waals surface area contributed by atoms with Gasteiger partial charge in [-0.25, -0.2) is 9.78 Å². The Balaban J connectivity index is 1.94. The van der Waals surface area contributed by atoms with Gasteiger partial charge in [0, 0.05) is 11.8 Å². The zero-order chi connectivity index (χ0) is 16.2. The molecule has 118 valence electrons. The molecule has 0 aliphatic rings. The van der Waals surface area contributed by atoms with Gasteiger partial charge in [0.05, 0.1) is 17.2 Å². The number of hydrogen-bond acceptors (Lipinski definition) is 4. The quantitative estimate of drug-likeness (QED) is 0.775. The van der Waals surface area contributed by atoms with Crippen LogP contribution in [0.5, 0.6) is 0 Å². The van der Waals surface area contributed by atoms with Gasteiger partial charge in [0.2, 0.25) is 0 Å². The third-order valence-electron chi connectivity index (χ3n) is 2.95. The van der Waals surface area contributed by atoms with Crippen LogP contribution in [0.4, 0.5) is 13.2 Å². The number of halogens is 3. The lowest BCUT2D eigenvalue weighted by atomic mass is 10.1. The van der Waals surface area contributed by atoms with Gasteiger partial charge < -0.3 is 4.74 Å². The molecule has 0 aliphatic carbocycles. The molecule has 0 atom stereocenters. The van der Waals surface area contributed by atoms with Crippen LogP contribution in [-0.2, 0) is 23.8 Å². The highest BCUT2D eigenvalue weighted by Gasteiger charge is 2.29. The van der Waals surface area contributed by atoms with Crippen molar-refractivity contribution in [2.24, 2.45) is 0 Å². The Morgan fingerprint density at radius 2 is 1.91 bits per heavy atom. The number of nitrogens with zero attached hydrogens (tertiary/aromatic N) is 1. The van der Waals surface area contributed by atoms with Crippen molar-refractivity contribution in [3.63, 3.8) is 0 Å². The highest BCUT2D eigenvalue weighted by molar-refractivity contribution is 7.09. The number of carbonyl (C=O) groups is 1. The van der Waals surface area contributed by atoms with Crippen molar-refractivity contribution in [1.82, 2.24) is 4.98 Å². The summed E-state index contributed by atoms with van der Waals surface area (Å²) in [5.41, 5.74) is 0.408. The predicted octanol–water partition coefficient (Wildman–Crippen LogP) is 4.12. The molecular weight excluding hydrogens is 315 g/mol. The average molecular weight is 329 g/mol. The number of aryl methyl sites for hydroxylation is 2. The summed E-state index contributed by atoms with van der Waals surface area (Å²) in [7, 11) is 0. The second-order valence-electron chi connectivity index (χ2n) is 4.54. The number of aromatic nitrogens is 1. The fraction of sp³-hybridized carbons (Fsp3) is 0.333. The number of rotatable bonds is 5. The van der Waals surface area contributed by atoms with E-state index in [2.05, 4.69) is 4.98 Å². The number of alkyl halides is 3. The van der Waals surface area contributed by atoms with Gasteiger partial charge in [-0.2, -0.15) is 13.2 Å². The molecule has 0 radical (unpaired) electrons. The van der Waals surface area contributed by atoms with E-state index in [0.717, 1.165) is 22.7 Å². The molecule has 0 bridgehead atoms. The molecule has 0 N–H and O–H groups in total. The molecule has 2 aromatic rings. The fourth-order valence-corrected chi connectivity index (χ4v) is 2.60.